The Hall–Kier alpha value is -2.61. The van der Waals surface area contributed by atoms with Crippen molar-refractivity contribution < 1.29 is 4.74 Å². The van der Waals surface area contributed by atoms with Gasteiger partial charge in [0.1, 0.15) is 11.8 Å². The van der Waals surface area contributed by atoms with Gasteiger partial charge in [-0.2, -0.15) is 10.2 Å². The Morgan fingerprint density at radius 2 is 2.10 bits per heavy atom. The number of rotatable bonds is 3. The summed E-state index contributed by atoms with van der Waals surface area (Å²) in [7, 11) is 1.52. The van der Waals surface area contributed by atoms with Gasteiger partial charge in [0.25, 0.3) is 0 Å². The van der Waals surface area contributed by atoms with Crippen LogP contribution in [0.5, 0.6) is 5.75 Å². The van der Waals surface area contributed by atoms with Crippen molar-refractivity contribution in [3.8, 4) is 11.8 Å². The fourth-order valence-electron chi connectivity index (χ4n) is 2.09. The predicted molar refractivity (Wildman–Crippen MR) is 74.8 cm³/mol. The average Bonchev–Trinajstić information content (AvgIpc) is 2.42. The molecule has 0 saturated carbocycles. The molecule has 102 valence electrons. The number of ether oxygens (including phenoxy) is 1. The monoisotopic (exact) mass is 269 g/mol. The van der Waals surface area contributed by atoms with Crippen molar-refractivity contribution in [3.63, 3.8) is 0 Å². The van der Waals surface area contributed by atoms with Crippen molar-refractivity contribution >= 4 is 0 Å². The normalized spacial score (nSPS) is 10.1. The molecule has 0 radical (unpaired) electrons. The van der Waals surface area contributed by atoms with E-state index in [2.05, 4.69) is 11.1 Å². The molecule has 1 heterocycles. The second-order valence-electron chi connectivity index (χ2n) is 4.55. The zero-order chi connectivity index (χ0) is 14.7. The Bertz CT molecular complexity index is 742. The second kappa shape index (κ2) is 5.57. The number of nitrogens with zero attached hydrogens (tertiary/aromatic N) is 3. The molecule has 0 atom stereocenters. The largest absolute Gasteiger partial charge is 0.495 e. The zero-order valence-electron chi connectivity index (χ0n) is 11.7. The van der Waals surface area contributed by atoms with E-state index in [0.29, 0.717) is 23.6 Å². The van der Waals surface area contributed by atoms with Crippen molar-refractivity contribution in [2.24, 2.45) is 0 Å². The van der Waals surface area contributed by atoms with E-state index in [1.807, 2.05) is 19.1 Å². The smallest absolute Gasteiger partial charge is 0.348 e. The van der Waals surface area contributed by atoms with Gasteiger partial charge >= 0.3 is 5.69 Å². The van der Waals surface area contributed by atoms with E-state index in [9.17, 15) is 4.79 Å². The summed E-state index contributed by atoms with van der Waals surface area (Å²) in [5, 5.41) is 9.07. The minimum absolute atomic E-state index is 0.281. The average molecular weight is 269 g/mol. The molecule has 0 aliphatic carbocycles. The molecule has 0 fully saturated rings. The molecule has 2 aromatic rings. The highest BCUT2D eigenvalue weighted by molar-refractivity contribution is 5.45. The zero-order valence-corrected chi connectivity index (χ0v) is 11.7. The molecule has 2 rings (SSSR count). The molecule has 20 heavy (non-hydrogen) atoms. The minimum Gasteiger partial charge on any atom is -0.495 e. The summed E-state index contributed by atoms with van der Waals surface area (Å²) >= 11 is 0. The summed E-state index contributed by atoms with van der Waals surface area (Å²) in [6.45, 7) is 4.04. The molecule has 0 saturated heterocycles. The lowest BCUT2D eigenvalue weighted by molar-refractivity contribution is 0.413. The van der Waals surface area contributed by atoms with Crippen LogP contribution < -0.4 is 10.4 Å². The third-order valence-electron chi connectivity index (χ3n) is 3.07. The van der Waals surface area contributed by atoms with Crippen LogP contribution in [0.2, 0.25) is 0 Å². The van der Waals surface area contributed by atoms with E-state index >= 15 is 0 Å². The van der Waals surface area contributed by atoms with Crippen molar-refractivity contribution in [1.82, 2.24) is 9.55 Å². The molecular formula is C15H15N3O2. The summed E-state index contributed by atoms with van der Waals surface area (Å²) < 4.78 is 6.68. The van der Waals surface area contributed by atoms with Crippen LogP contribution in [0.3, 0.4) is 0 Å². The summed E-state index contributed by atoms with van der Waals surface area (Å²) in [5.41, 5.74) is 2.58. The third kappa shape index (κ3) is 2.69. The summed E-state index contributed by atoms with van der Waals surface area (Å²) in [4.78, 5) is 15.8. The van der Waals surface area contributed by atoms with Crippen molar-refractivity contribution in [2.45, 2.75) is 20.4 Å². The van der Waals surface area contributed by atoms with Gasteiger partial charge in [0.15, 0.2) is 0 Å². The van der Waals surface area contributed by atoms with Crippen LogP contribution in [-0.2, 0) is 6.54 Å². The number of methoxy groups -OCH3 is 1. The molecule has 1 aromatic carbocycles. The molecule has 5 heteroatoms. The number of hydrogen-bond donors (Lipinski definition) is 0. The van der Waals surface area contributed by atoms with Gasteiger partial charge in [-0.25, -0.2) is 4.79 Å². The van der Waals surface area contributed by atoms with E-state index in [4.69, 9.17) is 10.00 Å². The van der Waals surface area contributed by atoms with Crippen LogP contribution in [0.15, 0.2) is 29.1 Å². The lowest BCUT2D eigenvalue weighted by Gasteiger charge is -2.11. The maximum Gasteiger partial charge on any atom is 0.348 e. The molecule has 0 aliphatic rings. The lowest BCUT2D eigenvalue weighted by Crippen LogP contribution is -2.26. The van der Waals surface area contributed by atoms with Gasteiger partial charge in [-0.15, -0.1) is 0 Å². The van der Waals surface area contributed by atoms with Crippen LogP contribution in [0.25, 0.3) is 0 Å². The number of benzene rings is 1. The number of aromatic nitrogens is 2. The Morgan fingerprint density at radius 1 is 1.35 bits per heavy atom. The third-order valence-corrected chi connectivity index (χ3v) is 3.07. The first-order valence-electron chi connectivity index (χ1n) is 6.17. The molecule has 1 aromatic heterocycles. The number of aryl methyl sites for hydroxylation is 2. The molecular weight excluding hydrogens is 254 g/mol. The molecule has 0 bridgehead atoms. The second-order valence-corrected chi connectivity index (χ2v) is 4.55. The summed E-state index contributed by atoms with van der Waals surface area (Å²) in [6, 6.07) is 9.24. The maximum atomic E-state index is 11.9. The quantitative estimate of drug-likeness (QED) is 0.852. The highest BCUT2D eigenvalue weighted by atomic mass is 16.5. The van der Waals surface area contributed by atoms with Gasteiger partial charge in [0.2, 0.25) is 0 Å². The van der Waals surface area contributed by atoms with E-state index in [-0.39, 0.29) is 5.69 Å². The molecule has 0 aliphatic heterocycles. The van der Waals surface area contributed by atoms with Crippen molar-refractivity contribution in [1.29, 1.82) is 5.26 Å². The fourth-order valence-corrected chi connectivity index (χ4v) is 2.09. The Kier molecular flexibility index (Phi) is 3.85. The van der Waals surface area contributed by atoms with Crippen LogP contribution in [0.4, 0.5) is 0 Å². The van der Waals surface area contributed by atoms with Crippen LogP contribution in [0, 0.1) is 25.2 Å². The lowest BCUT2D eigenvalue weighted by atomic mass is 10.1. The molecule has 0 amide bonds. The predicted octanol–water partition coefficient (Wildman–Crippen LogP) is 1.79. The maximum absolute atomic E-state index is 11.9. The Labute approximate surface area is 117 Å². The highest BCUT2D eigenvalue weighted by Gasteiger charge is 2.07. The van der Waals surface area contributed by atoms with Crippen LogP contribution >= 0.6 is 0 Å². The Morgan fingerprint density at radius 3 is 2.70 bits per heavy atom. The first-order valence-corrected chi connectivity index (χ1v) is 6.17. The van der Waals surface area contributed by atoms with Crippen molar-refractivity contribution in [3.05, 3.63) is 57.3 Å². The number of nitriles is 1. The topological polar surface area (TPSA) is 67.9 Å². The molecule has 5 nitrogen and oxygen atoms in total. The van der Waals surface area contributed by atoms with Gasteiger partial charge in [-0.3, -0.25) is 4.57 Å². The Balaban J connectivity index is 2.41. The summed E-state index contributed by atoms with van der Waals surface area (Å²) in [6.07, 6.45) is 0. The summed E-state index contributed by atoms with van der Waals surface area (Å²) in [5.74, 6) is 0.530. The van der Waals surface area contributed by atoms with Gasteiger partial charge in [-0.1, -0.05) is 6.07 Å². The first-order chi connectivity index (χ1) is 9.55. The molecule has 0 spiro atoms. The van der Waals surface area contributed by atoms with E-state index in [0.717, 1.165) is 11.3 Å². The fraction of sp³-hybridized carbons (Fsp3) is 0.267. The van der Waals surface area contributed by atoms with Gasteiger partial charge < -0.3 is 4.74 Å². The molecule has 0 unspecified atom stereocenters. The van der Waals surface area contributed by atoms with Crippen LogP contribution in [0.1, 0.15) is 22.5 Å². The van der Waals surface area contributed by atoms with E-state index < -0.39 is 0 Å². The van der Waals surface area contributed by atoms with E-state index in [1.54, 1.807) is 23.6 Å². The van der Waals surface area contributed by atoms with Gasteiger partial charge in [-0.05, 0) is 37.6 Å². The van der Waals surface area contributed by atoms with Crippen LogP contribution in [-0.4, -0.2) is 16.7 Å². The van der Waals surface area contributed by atoms with Gasteiger partial charge in [0.05, 0.1) is 19.2 Å². The standard InChI is InChI=1S/C15H15N3O2/c1-10-6-11(2)18(15(19)17-10)9-12-4-5-14(20-3)13(7-12)8-16/h4-7H,9H2,1-3H3. The van der Waals surface area contributed by atoms with Gasteiger partial charge in [0, 0.05) is 11.4 Å². The minimum atomic E-state index is -0.281. The van der Waals surface area contributed by atoms with E-state index in [1.165, 1.54) is 7.11 Å². The number of hydrogen-bond acceptors (Lipinski definition) is 4. The molecule has 0 N–H and O–H groups in total. The SMILES string of the molecule is COc1ccc(Cn2c(C)cc(C)nc2=O)cc1C#N. The first kappa shape index (κ1) is 13.8. The van der Waals surface area contributed by atoms with Crippen molar-refractivity contribution in [2.75, 3.05) is 7.11 Å². The highest BCUT2D eigenvalue weighted by Crippen LogP contribution is 2.19.